The summed E-state index contributed by atoms with van der Waals surface area (Å²) in [5.74, 6) is 1.47. The van der Waals surface area contributed by atoms with E-state index in [1.165, 1.54) is 0 Å². The molecule has 0 saturated carbocycles. The molecule has 2 heterocycles. The maximum Gasteiger partial charge on any atom is 0.160 e. The van der Waals surface area contributed by atoms with Crippen molar-refractivity contribution in [2.24, 2.45) is 5.16 Å². The largest absolute Gasteiger partial charge is 0.497 e. The summed E-state index contributed by atoms with van der Waals surface area (Å²) in [4.78, 5) is 5.50. The average molecular weight is 381 g/mol. The molecule has 4 rings (SSSR count). The lowest BCUT2D eigenvalue weighted by molar-refractivity contribution is 0.120. The van der Waals surface area contributed by atoms with Gasteiger partial charge in [0.05, 0.1) is 12.8 Å². The molecule has 27 heavy (non-hydrogen) atoms. The van der Waals surface area contributed by atoms with E-state index < -0.39 is 0 Å². The van der Waals surface area contributed by atoms with Gasteiger partial charge in [-0.1, -0.05) is 34.0 Å². The fraction of sp³-hybridized carbons (Fsp3) is 0.143. The van der Waals surface area contributed by atoms with Crippen LogP contribution in [0.25, 0.3) is 17.3 Å². The molecule has 0 fully saturated rings. The predicted octanol–water partition coefficient (Wildman–Crippen LogP) is 5.21. The Bertz CT molecular complexity index is 975. The van der Waals surface area contributed by atoms with Crippen molar-refractivity contribution >= 4 is 23.4 Å². The van der Waals surface area contributed by atoms with E-state index in [1.807, 2.05) is 66.7 Å². The summed E-state index contributed by atoms with van der Waals surface area (Å²) in [6.07, 6.45) is 4.34. The fourth-order valence-corrected chi connectivity index (χ4v) is 2.91. The van der Waals surface area contributed by atoms with Crippen LogP contribution < -0.4 is 4.74 Å². The number of halogens is 1. The number of oxime groups is 1. The van der Waals surface area contributed by atoms with Crippen molar-refractivity contribution in [1.29, 1.82) is 0 Å². The van der Waals surface area contributed by atoms with Crippen molar-refractivity contribution in [3.8, 4) is 17.0 Å². The van der Waals surface area contributed by atoms with Crippen LogP contribution in [0.4, 0.5) is 0 Å². The summed E-state index contributed by atoms with van der Waals surface area (Å²) in [5, 5.41) is 8.96. The molecule has 0 aliphatic carbocycles. The van der Waals surface area contributed by atoms with Crippen molar-refractivity contribution < 1.29 is 14.1 Å². The summed E-state index contributed by atoms with van der Waals surface area (Å²) in [6, 6.07) is 17.1. The van der Waals surface area contributed by atoms with Gasteiger partial charge in [0.15, 0.2) is 11.9 Å². The third-order valence-corrected chi connectivity index (χ3v) is 4.51. The van der Waals surface area contributed by atoms with Crippen LogP contribution in [0.2, 0.25) is 5.02 Å². The molecular weight excluding hydrogens is 364 g/mol. The van der Waals surface area contributed by atoms with E-state index in [1.54, 1.807) is 7.11 Å². The van der Waals surface area contributed by atoms with Gasteiger partial charge in [0, 0.05) is 23.1 Å². The van der Waals surface area contributed by atoms with Crippen molar-refractivity contribution in [3.63, 3.8) is 0 Å². The zero-order chi connectivity index (χ0) is 18.6. The summed E-state index contributed by atoms with van der Waals surface area (Å²) < 4.78 is 10.5. The number of aromatic nitrogens is 1. The first-order valence-electron chi connectivity index (χ1n) is 8.49. The highest BCUT2D eigenvalue weighted by atomic mass is 35.5. The van der Waals surface area contributed by atoms with Crippen LogP contribution in [0.1, 0.15) is 17.7 Å². The van der Waals surface area contributed by atoms with Crippen LogP contribution in [-0.4, -0.2) is 24.1 Å². The number of hydrogen-bond donors (Lipinski definition) is 0. The van der Waals surface area contributed by atoms with Crippen molar-refractivity contribution in [3.05, 3.63) is 77.0 Å². The third kappa shape index (κ3) is 4.04. The summed E-state index contributed by atoms with van der Waals surface area (Å²) in [6.45, 7) is 0. The topological polar surface area (TPSA) is 56.9 Å². The van der Waals surface area contributed by atoms with E-state index in [4.69, 9.17) is 25.7 Å². The lowest BCUT2D eigenvalue weighted by Gasteiger charge is -2.02. The predicted molar refractivity (Wildman–Crippen MR) is 105 cm³/mol. The normalized spacial score (nSPS) is 16.4. The minimum absolute atomic E-state index is 0.133. The first-order valence-corrected chi connectivity index (χ1v) is 8.87. The van der Waals surface area contributed by atoms with Gasteiger partial charge >= 0.3 is 0 Å². The summed E-state index contributed by atoms with van der Waals surface area (Å²) in [5.41, 5.74) is 3.64. The van der Waals surface area contributed by atoms with Gasteiger partial charge in [-0.25, -0.2) is 0 Å². The van der Waals surface area contributed by atoms with Gasteiger partial charge in [-0.3, -0.25) is 0 Å². The van der Waals surface area contributed by atoms with Crippen LogP contribution in [0.5, 0.6) is 5.75 Å². The molecule has 0 spiro atoms. The lowest BCUT2D eigenvalue weighted by atomic mass is 10.0. The molecule has 1 aliphatic rings. The van der Waals surface area contributed by atoms with Crippen LogP contribution in [0.3, 0.4) is 0 Å². The molecule has 1 aliphatic heterocycles. The summed E-state index contributed by atoms with van der Waals surface area (Å²) >= 11 is 5.91. The highest BCUT2D eigenvalue weighted by molar-refractivity contribution is 6.30. The van der Waals surface area contributed by atoms with Crippen LogP contribution in [0.15, 0.2) is 70.4 Å². The highest BCUT2D eigenvalue weighted by Crippen LogP contribution is 2.23. The Balaban J connectivity index is 1.39. The monoisotopic (exact) mass is 380 g/mol. The SMILES string of the molecule is COc1ccc(C2=NOC(/C=C/c3cc(-c4ccc(Cl)cc4)no3)C2)cc1. The maximum absolute atomic E-state index is 5.91. The van der Waals surface area contributed by atoms with Crippen LogP contribution in [-0.2, 0) is 4.84 Å². The Morgan fingerprint density at radius 2 is 1.81 bits per heavy atom. The number of methoxy groups -OCH3 is 1. The van der Waals surface area contributed by atoms with E-state index in [9.17, 15) is 0 Å². The van der Waals surface area contributed by atoms with Crippen LogP contribution in [0, 0.1) is 0 Å². The van der Waals surface area contributed by atoms with Gasteiger partial charge in [-0.2, -0.15) is 0 Å². The van der Waals surface area contributed by atoms with Gasteiger partial charge in [-0.15, -0.1) is 0 Å². The molecule has 2 aromatic carbocycles. The smallest absolute Gasteiger partial charge is 0.160 e. The Kier molecular flexibility index (Phi) is 4.94. The zero-order valence-electron chi connectivity index (χ0n) is 14.6. The van der Waals surface area contributed by atoms with E-state index in [-0.39, 0.29) is 6.10 Å². The molecule has 0 bridgehead atoms. The van der Waals surface area contributed by atoms with E-state index >= 15 is 0 Å². The number of rotatable bonds is 5. The van der Waals surface area contributed by atoms with E-state index in [0.717, 1.165) is 28.3 Å². The highest BCUT2D eigenvalue weighted by Gasteiger charge is 2.20. The van der Waals surface area contributed by atoms with Crippen LogP contribution >= 0.6 is 11.6 Å². The quantitative estimate of drug-likeness (QED) is 0.609. The second kappa shape index (κ2) is 7.68. The van der Waals surface area contributed by atoms with E-state index in [0.29, 0.717) is 17.2 Å². The Morgan fingerprint density at radius 1 is 1.07 bits per heavy atom. The molecule has 0 amide bonds. The third-order valence-electron chi connectivity index (χ3n) is 4.26. The standard InChI is InChI=1S/C21H17ClN2O3/c1-25-17-8-4-15(5-9-17)21-13-19(27-24-21)11-10-18-12-20(23-26-18)14-2-6-16(22)7-3-14/h2-12,19H,13H2,1H3/b11-10+. The average Bonchev–Trinajstić information content (AvgIpc) is 3.37. The molecular formula is C21H17ClN2O3. The number of hydrogen-bond acceptors (Lipinski definition) is 5. The molecule has 6 heteroatoms. The van der Waals surface area contributed by atoms with Gasteiger partial charge in [0.25, 0.3) is 0 Å². The lowest BCUT2D eigenvalue weighted by Crippen LogP contribution is -2.04. The van der Waals surface area contributed by atoms with Crippen molar-refractivity contribution in [2.75, 3.05) is 7.11 Å². The number of nitrogens with zero attached hydrogens (tertiary/aromatic N) is 2. The Hall–Kier alpha value is -3.05. The first-order chi connectivity index (χ1) is 13.2. The first kappa shape index (κ1) is 17.4. The summed E-state index contributed by atoms with van der Waals surface area (Å²) in [7, 11) is 1.65. The van der Waals surface area contributed by atoms with Gasteiger partial charge < -0.3 is 14.1 Å². The molecule has 0 N–H and O–H groups in total. The maximum atomic E-state index is 5.91. The van der Waals surface area contributed by atoms with Crippen molar-refractivity contribution in [1.82, 2.24) is 5.16 Å². The van der Waals surface area contributed by atoms with Gasteiger partial charge in [0.2, 0.25) is 0 Å². The van der Waals surface area contributed by atoms with Crippen molar-refractivity contribution in [2.45, 2.75) is 12.5 Å². The molecule has 0 radical (unpaired) electrons. The second-order valence-electron chi connectivity index (χ2n) is 6.09. The number of benzene rings is 2. The Labute approximate surface area is 161 Å². The van der Waals surface area contributed by atoms with Gasteiger partial charge in [0.1, 0.15) is 11.4 Å². The second-order valence-corrected chi connectivity index (χ2v) is 6.53. The zero-order valence-corrected chi connectivity index (χ0v) is 15.4. The minimum Gasteiger partial charge on any atom is -0.497 e. The molecule has 1 atom stereocenters. The molecule has 5 nitrogen and oxygen atoms in total. The fourth-order valence-electron chi connectivity index (χ4n) is 2.78. The molecule has 136 valence electrons. The molecule has 1 unspecified atom stereocenters. The van der Waals surface area contributed by atoms with E-state index in [2.05, 4.69) is 10.3 Å². The molecule has 1 aromatic heterocycles. The Morgan fingerprint density at radius 3 is 2.56 bits per heavy atom. The number of ether oxygens (including phenoxy) is 1. The minimum atomic E-state index is -0.133. The molecule has 0 saturated heterocycles. The molecule has 3 aromatic rings. The van der Waals surface area contributed by atoms with Gasteiger partial charge in [-0.05, 0) is 54.1 Å².